The molecule has 0 radical (unpaired) electrons. The third-order valence-corrected chi connectivity index (χ3v) is 6.72. The van der Waals surface area contributed by atoms with E-state index >= 15 is 0 Å². The number of hydrogen-bond acceptors (Lipinski definition) is 8. The first-order valence-corrected chi connectivity index (χ1v) is 14.0. The van der Waals surface area contributed by atoms with E-state index in [1.165, 1.54) is 5.56 Å². The molecule has 0 spiro atoms. The summed E-state index contributed by atoms with van der Waals surface area (Å²) in [5, 5.41) is 2.82. The molecule has 0 aromatic heterocycles. The van der Waals surface area contributed by atoms with Crippen LogP contribution in [0.25, 0.3) is 0 Å². The van der Waals surface area contributed by atoms with Crippen LogP contribution < -0.4 is 5.32 Å². The molecule has 202 valence electrons. The summed E-state index contributed by atoms with van der Waals surface area (Å²) in [6, 6.07) is 7.42. The van der Waals surface area contributed by atoms with E-state index in [0.717, 1.165) is 18.2 Å². The second-order valence-electron chi connectivity index (χ2n) is 10.4. The average molecular weight is 527 g/mol. The molecule has 1 aromatic carbocycles. The van der Waals surface area contributed by atoms with Gasteiger partial charge in [0, 0.05) is 13.0 Å². The molecule has 2 heterocycles. The molecule has 11 heteroatoms. The number of alkyl carbamates (subject to hydrolysis) is 1. The van der Waals surface area contributed by atoms with Gasteiger partial charge in [-0.1, -0.05) is 24.3 Å². The van der Waals surface area contributed by atoms with Gasteiger partial charge >= 0.3 is 6.09 Å². The van der Waals surface area contributed by atoms with Gasteiger partial charge in [0.2, 0.25) is 0 Å². The summed E-state index contributed by atoms with van der Waals surface area (Å²) in [5.41, 5.74) is 1.66. The smallest absolute Gasteiger partial charge is 0.407 e. The molecule has 0 unspecified atom stereocenters. The normalized spacial score (nSPS) is 25.6. The maximum absolute atomic E-state index is 13.5. The van der Waals surface area contributed by atoms with E-state index in [4.69, 9.17) is 18.4 Å². The third-order valence-electron chi connectivity index (χ3n) is 6.16. The number of ether oxygens (including phenoxy) is 3. The van der Waals surface area contributed by atoms with Crippen molar-refractivity contribution in [3.63, 3.8) is 0 Å². The summed E-state index contributed by atoms with van der Waals surface area (Å²) < 4.78 is 44.8. The van der Waals surface area contributed by atoms with Crippen molar-refractivity contribution in [3.8, 4) is 0 Å². The largest absolute Gasteiger partial charge is 0.444 e. The second kappa shape index (κ2) is 11.5. The van der Waals surface area contributed by atoms with E-state index in [9.17, 15) is 18.0 Å². The highest BCUT2D eigenvalue weighted by molar-refractivity contribution is 7.85. The van der Waals surface area contributed by atoms with E-state index in [1.54, 1.807) is 27.7 Å². The monoisotopic (exact) mass is 526 g/mol. The molecule has 1 fully saturated rings. The van der Waals surface area contributed by atoms with Gasteiger partial charge < -0.3 is 24.4 Å². The van der Waals surface area contributed by atoms with Crippen molar-refractivity contribution < 1.29 is 36.4 Å². The highest BCUT2D eigenvalue weighted by Gasteiger charge is 2.41. The van der Waals surface area contributed by atoms with Crippen molar-refractivity contribution in [2.45, 2.75) is 83.5 Å². The van der Waals surface area contributed by atoms with Crippen molar-refractivity contribution in [1.29, 1.82) is 0 Å². The third kappa shape index (κ3) is 7.89. The lowest BCUT2D eigenvalue weighted by atomic mass is 9.92. The summed E-state index contributed by atoms with van der Waals surface area (Å²) in [5.74, 6) is -0.139. The lowest BCUT2D eigenvalue weighted by molar-refractivity contribution is -0.164. The summed E-state index contributed by atoms with van der Waals surface area (Å²) in [6.07, 6.45) is -0.696. The Balaban J connectivity index is 1.70. The lowest BCUT2D eigenvalue weighted by Gasteiger charge is -2.41. The summed E-state index contributed by atoms with van der Waals surface area (Å²) in [4.78, 5) is 27.9. The van der Waals surface area contributed by atoms with Gasteiger partial charge in [-0.2, -0.15) is 8.42 Å². The quantitative estimate of drug-likeness (QED) is 0.538. The van der Waals surface area contributed by atoms with Crippen LogP contribution in [0.1, 0.15) is 58.2 Å². The molecule has 2 aliphatic heterocycles. The second-order valence-corrected chi connectivity index (χ2v) is 12.1. The van der Waals surface area contributed by atoms with Crippen molar-refractivity contribution in [3.05, 3.63) is 35.4 Å². The highest BCUT2D eigenvalue weighted by atomic mass is 32.2. The predicted molar refractivity (Wildman–Crippen MR) is 133 cm³/mol. The topological polar surface area (TPSA) is 120 Å². The van der Waals surface area contributed by atoms with Crippen LogP contribution in [0.4, 0.5) is 4.79 Å². The fourth-order valence-electron chi connectivity index (χ4n) is 4.51. The van der Waals surface area contributed by atoms with Gasteiger partial charge in [0.1, 0.15) is 17.8 Å². The summed E-state index contributed by atoms with van der Waals surface area (Å²) in [6.45, 7) is 9.40. The minimum Gasteiger partial charge on any atom is -0.444 e. The first-order chi connectivity index (χ1) is 16.7. The molecule has 5 atom stereocenters. The van der Waals surface area contributed by atoms with Gasteiger partial charge in [-0.05, 0) is 52.2 Å². The molecule has 2 aliphatic rings. The highest BCUT2D eigenvalue weighted by Crippen LogP contribution is 2.31. The lowest BCUT2D eigenvalue weighted by Crippen LogP contribution is -2.57. The first kappa shape index (κ1) is 28.4. The Morgan fingerprint density at radius 3 is 2.61 bits per heavy atom. The fourth-order valence-corrected chi connectivity index (χ4v) is 4.95. The van der Waals surface area contributed by atoms with Crippen molar-refractivity contribution >= 4 is 22.1 Å². The Labute approximate surface area is 213 Å². The van der Waals surface area contributed by atoms with Crippen LogP contribution in [0.2, 0.25) is 0 Å². The molecule has 10 nitrogen and oxygen atoms in total. The van der Waals surface area contributed by atoms with Crippen LogP contribution in [0.3, 0.4) is 0 Å². The van der Waals surface area contributed by atoms with Gasteiger partial charge in [0.15, 0.2) is 0 Å². The van der Waals surface area contributed by atoms with Crippen LogP contribution in [0.5, 0.6) is 0 Å². The molecule has 0 saturated carbocycles. The molecular formula is C25H38N2O8S. The number of carbonyl (C=O) groups excluding carboxylic acids is 2. The molecule has 0 bridgehead atoms. The van der Waals surface area contributed by atoms with E-state index in [1.807, 2.05) is 30.0 Å². The number of benzene rings is 1. The number of carbonyl (C=O) groups is 2. The van der Waals surface area contributed by atoms with Gasteiger partial charge in [-0.3, -0.25) is 8.98 Å². The van der Waals surface area contributed by atoms with Crippen LogP contribution in [0, 0.1) is 0 Å². The molecular weight excluding hydrogens is 488 g/mol. The molecule has 1 saturated heterocycles. The van der Waals surface area contributed by atoms with Crippen LogP contribution in [-0.4, -0.2) is 81.3 Å². The van der Waals surface area contributed by atoms with E-state index in [-0.39, 0.29) is 31.6 Å². The minimum atomic E-state index is -3.62. The van der Waals surface area contributed by atoms with Crippen molar-refractivity contribution in [1.82, 2.24) is 10.2 Å². The standard InChI is InChI=1S/C25H38N2O8S/c1-16(14-33-36(6,30)31)34-22-15-32-21(13-20(22)26-24(29)35-25(3,4)5)23(28)27-12-11-18-9-7-8-10-19(18)17(27)2/h7-10,16-17,20-22H,11-15H2,1-6H3,(H,26,29)/t16-,17-,20-,21+,22-/m0/s1. The Morgan fingerprint density at radius 1 is 1.25 bits per heavy atom. The Hall–Kier alpha value is -2.21. The van der Waals surface area contributed by atoms with Crippen molar-refractivity contribution in [2.75, 3.05) is 26.0 Å². The Kier molecular flexibility index (Phi) is 9.02. The molecule has 36 heavy (non-hydrogen) atoms. The van der Waals surface area contributed by atoms with E-state index < -0.39 is 46.2 Å². The SMILES string of the molecule is C[C@@H](COS(C)(=O)=O)O[C@H]1CO[C@@H](C(=O)N2CCc3ccccc3[C@@H]2C)C[C@@H]1NC(=O)OC(C)(C)C. The first-order valence-electron chi connectivity index (χ1n) is 12.2. The number of rotatable bonds is 7. The number of hydrogen-bond donors (Lipinski definition) is 1. The molecule has 2 amide bonds. The van der Waals surface area contributed by atoms with Gasteiger partial charge in [0.05, 0.1) is 37.7 Å². The number of nitrogens with zero attached hydrogens (tertiary/aromatic N) is 1. The average Bonchev–Trinajstić information content (AvgIpc) is 2.77. The predicted octanol–water partition coefficient (Wildman–Crippen LogP) is 2.56. The Bertz CT molecular complexity index is 1040. The van der Waals surface area contributed by atoms with E-state index in [0.29, 0.717) is 6.54 Å². The fraction of sp³-hybridized carbons (Fsp3) is 0.680. The van der Waals surface area contributed by atoms with Gasteiger partial charge in [-0.25, -0.2) is 4.79 Å². The maximum atomic E-state index is 13.5. The van der Waals surface area contributed by atoms with Gasteiger partial charge in [-0.15, -0.1) is 0 Å². The molecule has 3 rings (SSSR count). The van der Waals surface area contributed by atoms with Crippen LogP contribution in [0.15, 0.2) is 24.3 Å². The maximum Gasteiger partial charge on any atom is 0.407 e. The molecule has 1 aromatic rings. The minimum absolute atomic E-state index is 0.0406. The number of fused-ring (bicyclic) bond motifs is 1. The summed E-state index contributed by atoms with van der Waals surface area (Å²) >= 11 is 0. The number of nitrogens with one attached hydrogen (secondary N) is 1. The van der Waals surface area contributed by atoms with Crippen LogP contribution >= 0.6 is 0 Å². The Morgan fingerprint density at radius 2 is 1.94 bits per heavy atom. The summed E-state index contributed by atoms with van der Waals surface area (Å²) in [7, 11) is -3.62. The zero-order chi connectivity index (χ0) is 26.7. The van der Waals surface area contributed by atoms with Gasteiger partial charge in [0.25, 0.3) is 16.0 Å². The zero-order valence-electron chi connectivity index (χ0n) is 21.9. The van der Waals surface area contributed by atoms with Crippen molar-refractivity contribution in [2.24, 2.45) is 0 Å². The zero-order valence-corrected chi connectivity index (χ0v) is 22.7. The van der Waals surface area contributed by atoms with E-state index in [2.05, 4.69) is 11.4 Å². The number of amides is 2. The van der Waals surface area contributed by atoms with Crippen LogP contribution in [-0.2, 0) is 39.7 Å². The molecule has 1 N–H and O–H groups in total. The molecule has 0 aliphatic carbocycles.